The second-order valence-corrected chi connectivity index (χ2v) is 3.75. The minimum absolute atomic E-state index is 0.109. The lowest BCUT2D eigenvalue weighted by Gasteiger charge is -1.97. The summed E-state index contributed by atoms with van der Waals surface area (Å²) in [7, 11) is -3.45. The molecule has 0 amide bonds. The maximum atomic E-state index is 10.9. The zero-order valence-electron chi connectivity index (χ0n) is 6.99. The van der Waals surface area contributed by atoms with E-state index in [9.17, 15) is 8.42 Å². The Bertz CT molecular complexity index is 269. The van der Waals surface area contributed by atoms with Gasteiger partial charge in [0, 0.05) is 0 Å². The van der Waals surface area contributed by atoms with E-state index in [2.05, 4.69) is 10.1 Å². The Labute approximate surface area is 73.6 Å². The number of terminal acetylenes is 1. The quantitative estimate of drug-likeness (QED) is 0.366. The van der Waals surface area contributed by atoms with Crippen molar-refractivity contribution in [2.24, 2.45) is 0 Å². The van der Waals surface area contributed by atoms with Crippen molar-refractivity contribution in [3.8, 4) is 12.3 Å². The molecule has 0 aliphatic carbocycles. The summed E-state index contributed by atoms with van der Waals surface area (Å²) in [4.78, 5) is 0. The van der Waals surface area contributed by atoms with Crippen molar-refractivity contribution >= 4 is 10.1 Å². The van der Waals surface area contributed by atoms with Gasteiger partial charge in [0.25, 0.3) is 10.1 Å². The lowest BCUT2D eigenvalue weighted by molar-refractivity contribution is 0.365. The van der Waals surface area contributed by atoms with E-state index in [1.807, 2.05) is 6.92 Å². The average Bonchev–Trinajstić information content (AvgIpc) is 2.01. The molecule has 4 heteroatoms. The van der Waals surface area contributed by atoms with Crippen LogP contribution in [-0.4, -0.2) is 20.8 Å². The maximum Gasteiger partial charge on any atom is 0.271 e. The van der Waals surface area contributed by atoms with Gasteiger partial charge >= 0.3 is 0 Å². The normalized spacial score (nSPS) is 11.7. The van der Waals surface area contributed by atoms with Crippen LogP contribution < -0.4 is 0 Å². The van der Waals surface area contributed by atoms with Crippen molar-refractivity contribution in [2.75, 3.05) is 12.4 Å². The summed E-state index contributed by atoms with van der Waals surface area (Å²) in [5, 5.41) is 0. The molecule has 12 heavy (non-hydrogen) atoms. The fourth-order valence-corrected chi connectivity index (χ4v) is 1.24. The molecule has 0 saturated heterocycles. The molecule has 0 aliphatic rings. The van der Waals surface area contributed by atoms with Gasteiger partial charge in [0.1, 0.15) is 6.61 Å². The molecule has 68 valence electrons. The first-order chi connectivity index (χ1) is 5.62. The highest BCUT2D eigenvalue weighted by molar-refractivity contribution is 7.86. The fourth-order valence-electron chi connectivity index (χ4n) is 0.524. The van der Waals surface area contributed by atoms with Crippen LogP contribution >= 0.6 is 0 Å². The summed E-state index contributed by atoms with van der Waals surface area (Å²) >= 11 is 0. The van der Waals surface area contributed by atoms with Crippen LogP contribution in [0.25, 0.3) is 0 Å². The molecular formula is C8H12O3S. The molecule has 0 unspecified atom stereocenters. The van der Waals surface area contributed by atoms with Gasteiger partial charge in [-0.15, -0.1) is 6.42 Å². The molecule has 0 N–H and O–H groups in total. The first-order valence-corrected chi connectivity index (χ1v) is 5.15. The van der Waals surface area contributed by atoms with Crippen LogP contribution in [0.5, 0.6) is 0 Å². The Kier molecular flexibility index (Phi) is 5.43. The first kappa shape index (κ1) is 11.2. The van der Waals surface area contributed by atoms with E-state index in [0.29, 0.717) is 0 Å². The molecule has 0 spiro atoms. The Morgan fingerprint density at radius 2 is 2.17 bits per heavy atom. The van der Waals surface area contributed by atoms with E-state index < -0.39 is 10.1 Å². The zero-order valence-corrected chi connectivity index (χ0v) is 7.80. The van der Waals surface area contributed by atoms with Crippen molar-refractivity contribution in [3.05, 3.63) is 12.2 Å². The van der Waals surface area contributed by atoms with Crippen LogP contribution in [0.4, 0.5) is 0 Å². The third-order valence-corrected chi connectivity index (χ3v) is 2.10. The molecule has 0 aromatic heterocycles. The van der Waals surface area contributed by atoms with Crippen molar-refractivity contribution in [2.45, 2.75) is 13.3 Å². The molecule has 0 saturated carbocycles. The van der Waals surface area contributed by atoms with Gasteiger partial charge in [-0.3, -0.25) is 4.18 Å². The highest BCUT2D eigenvalue weighted by Crippen LogP contribution is 1.93. The van der Waals surface area contributed by atoms with Gasteiger partial charge in [-0.1, -0.05) is 25.0 Å². The lowest BCUT2D eigenvalue weighted by atomic mass is 10.4. The van der Waals surface area contributed by atoms with Crippen LogP contribution in [0, 0.1) is 12.3 Å². The predicted octanol–water partition coefficient (Wildman–Crippen LogP) is 0.932. The molecule has 0 rings (SSSR count). The highest BCUT2D eigenvalue weighted by Gasteiger charge is 2.06. The molecule has 0 aliphatic heterocycles. The minimum Gasteiger partial charge on any atom is -0.257 e. The van der Waals surface area contributed by atoms with E-state index in [1.54, 1.807) is 12.2 Å². The third-order valence-electron chi connectivity index (χ3n) is 1.02. The van der Waals surface area contributed by atoms with Crippen LogP contribution in [0.1, 0.15) is 13.3 Å². The number of rotatable bonds is 5. The molecule has 0 aromatic carbocycles. The number of hydrogen-bond acceptors (Lipinski definition) is 3. The SMILES string of the molecule is C#CCOS(=O)(=O)CC=CCC. The van der Waals surface area contributed by atoms with E-state index in [-0.39, 0.29) is 12.4 Å². The van der Waals surface area contributed by atoms with Gasteiger partial charge in [-0.05, 0) is 6.42 Å². The van der Waals surface area contributed by atoms with Gasteiger partial charge in [-0.25, -0.2) is 0 Å². The second-order valence-electron chi connectivity index (χ2n) is 2.07. The van der Waals surface area contributed by atoms with Crippen LogP contribution in [0.3, 0.4) is 0 Å². The maximum absolute atomic E-state index is 10.9. The summed E-state index contributed by atoms with van der Waals surface area (Å²) in [6, 6.07) is 0. The van der Waals surface area contributed by atoms with E-state index in [0.717, 1.165) is 6.42 Å². The summed E-state index contributed by atoms with van der Waals surface area (Å²) in [5.41, 5.74) is 0. The number of hydrogen-bond donors (Lipinski definition) is 0. The van der Waals surface area contributed by atoms with E-state index in [1.165, 1.54) is 0 Å². The smallest absolute Gasteiger partial charge is 0.257 e. The first-order valence-electron chi connectivity index (χ1n) is 3.58. The largest absolute Gasteiger partial charge is 0.271 e. The van der Waals surface area contributed by atoms with Crippen molar-refractivity contribution < 1.29 is 12.6 Å². The molecule has 0 aromatic rings. The Morgan fingerprint density at radius 1 is 1.50 bits per heavy atom. The standard InChI is InChI=1S/C8H12O3S/c1-3-5-6-8-12(9,10)11-7-4-2/h2,5-6H,3,7-8H2,1H3. The van der Waals surface area contributed by atoms with Crippen molar-refractivity contribution in [1.29, 1.82) is 0 Å². The molecule has 0 atom stereocenters. The summed E-state index contributed by atoms with van der Waals surface area (Å²) in [6.45, 7) is 1.73. The van der Waals surface area contributed by atoms with Crippen LogP contribution in [-0.2, 0) is 14.3 Å². The van der Waals surface area contributed by atoms with E-state index >= 15 is 0 Å². The van der Waals surface area contributed by atoms with Crippen LogP contribution in [0.2, 0.25) is 0 Å². The predicted molar refractivity (Wildman–Crippen MR) is 48.0 cm³/mol. The highest BCUT2D eigenvalue weighted by atomic mass is 32.2. The fraction of sp³-hybridized carbons (Fsp3) is 0.500. The summed E-state index contributed by atoms with van der Waals surface area (Å²) in [6.07, 6.45) is 8.95. The Morgan fingerprint density at radius 3 is 2.67 bits per heavy atom. The van der Waals surface area contributed by atoms with Crippen molar-refractivity contribution in [1.82, 2.24) is 0 Å². The van der Waals surface area contributed by atoms with Gasteiger partial charge in [0.2, 0.25) is 0 Å². The molecule has 0 heterocycles. The third kappa shape index (κ3) is 5.96. The van der Waals surface area contributed by atoms with E-state index in [4.69, 9.17) is 6.42 Å². The monoisotopic (exact) mass is 188 g/mol. The van der Waals surface area contributed by atoms with Crippen molar-refractivity contribution in [3.63, 3.8) is 0 Å². The van der Waals surface area contributed by atoms with Gasteiger partial charge in [0.15, 0.2) is 0 Å². The topological polar surface area (TPSA) is 43.4 Å². The lowest BCUT2D eigenvalue weighted by Crippen LogP contribution is -2.08. The summed E-state index contributed by atoms with van der Waals surface area (Å²) < 4.78 is 26.2. The minimum atomic E-state index is -3.45. The molecular weight excluding hydrogens is 176 g/mol. The molecule has 0 fully saturated rings. The van der Waals surface area contributed by atoms with Gasteiger partial charge < -0.3 is 0 Å². The number of allylic oxidation sites excluding steroid dienone is 1. The van der Waals surface area contributed by atoms with Gasteiger partial charge in [-0.2, -0.15) is 8.42 Å². The second kappa shape index (κ2) is 5.81. The molecule has 0 radical (unpaired) electrons. The zero-order chi connectivity index (χ0) is 9.45. The van der Waals surface area contributed by atoms with Crippen LogP contribution in [0.15, 0.2) is 12.2 Å². The Balaban J connectivity index is 3.90. The molecule has 0 bridgehead atoms. The Hall–Kier alpha value is -0.790. The summed E-state index contributed by atoms with van der Waals surface area (Å²) in [5.74, 6) is 1.98. The van der Waals surface area contributed by atoms with Gasteiger partial charge in [0.05, 0.1) is 5.75 Å². The molecule has 3 nitrogen and oxygen atoms in total. The average molecular weight is 188 g/mol.